The fraction of sp³-hybridized carbons (Fsp3) is 0.385. The molecule has 0 aliphatic heterocycles. The second kappa shape index (κ2) is 5.78. The molecular weight excluding hydrogens is 200 g/mol. The molecule has 0 fully saturated rings. The lowest BCUT2D eigenvalue weighted by atomic mass is 10.1. The average molecular weight is 214 g/mol. The number of nitrogens with zero attached hydrogens (tertiary/aromatic N) is 2. The monoisotopic (exact) mass is 214 g/mol. The van der Waals surface area contributed by atoms with Gasteiger partial charge in [0.1, 0.15) is 23.5 Å². The Morgan fingerprint density at radius 2 is 2.06 bits per heavy atom. The number of benzene rings is 1. The van der Waals surface area contributed by atoms with Crippen LogP contribution in [0.3, 0.4) is 0 Å². The standard InChI is InChI=1S/C13H14N2O/c1-3-10(2)9-16-13-6-4-5-11(7-14)12(13)8-15/h4-6,10H,3,9H2,1-2H3. The van der Waals surface area contributed by atoms with E-state index in [1.807, 2.05) is 12.1 Å². The first-order valence-corrected chi connectivity index (χ1v) is 5.28. The van der Waals surface area contributed by atoms with Gasteiger partial charge in [-0.05, 0) is 18.1 Å². The van der Waals surface area contributed by atoms with Crippen LogP contribution in [0.5, 0.6) is 5.75 Å². The normalized spacial score (nSPS) is 11.2. The molecule has 0 aliphatic carbocycles. The van der Waals surface area contributed by atoms with Gasteiger partial charge in [-0.2, -0.15) is 10.5 Å². The fourth-order valence-electron chi connectivity index (χ4n) is 1.21. The van der Waals surface area contributed by atoms with Gasteiger partial charge in [-0.15, -0.1) is 0 Å². The molecule has 0 saturated heterocycles. The zero-order chi connectivity index (χ0) is 12.0. The van der Waals surface area contributed by atoms with E-state index in [4.69, 9.17) is 15.3 Å². The lowest BCUT2D eigenvalue weighted by Crippen LogP contribution is -2.08. The van der Waals surface area contributed by atoms with Gasteiger partial charge in [-0.25, -0.2) is 0 Å². The van der Waals surface area contributed by atoms with Crippen LogP contribution in [0.2, 0.25) is 0 Å². The molecule has 0 aromatic heterocycles. The van der Waals surface area contributed by atoms with Gasteiger partial charge in [0, 0.05) is 0 Å². The molecule has 82 valence electrons. The van der Waals surface area contributed by atoms with Gasteiger partial charge in [0.05, 0.1) is 12.2 Å². The molecule has 0 N–H and O–H groups in total. The van der Waals surface area contributed by atoms with Gasteiger partial charge in [0.25, 0.3) is 0 Å². The van der Waals surface area contributed by atoms with Crippen LogP contribution < -0.4 is 4.74 Å². The molecule has 0 saturated carbocycles. The van der Waals surface area contributed by atoms with Crippen molar-refractivity contribution in [3.05, 3.63) is 29.3 Å². The molecule has 3 heteroatoms. The topological polar surface area (TPSA) is 56.8 Å². The summed E-state index contributed by atoms with van der Waals surface area (Å²) in [5.41, 5.74) is 0.692. The Labute approximate surface area is 95.9 Å². The number of nitriles is 2. The molecule has 1 aromatic carbocycles. The smallest absolute Gasteiger partial charge is 0.138 e. The first-order chi connectivity index (χ1) is 7.72. The highest BCUT2D eigenvalue weighted by Crippen LogP contribution is 2.21. The Hall–Kier alpha value is -2.00. The van der Waals surface area contributed by atoms with Crippen LogP contribution in [0.25, 0.3) is 0 Å². The summed E-state index contributed by atoms with van der Waals surface area (Å²) >= 11 is 0. The second-order valence-corrected chi connectivity index (χ2v) is 3.73. The highest BCUT2D eigenvalue weighted by molar-refractivity contribution is 5.53. The summed E-state index contributed by atoms with van der Waals surface area (Å²) < 4.78 is 5.55. The van der Waals surface area contributed by atoms with E-state index in [0.29, 0.717) is 29.4 Å². The number of rotatable bonds is 4. The van der Waals surface area contributed by atoms with Gasteiger partial charge >= 0.3 is 0 Å². The molecule has 0 radical (unpaired) electrons. The summed E-state index contributed by atoms with van der Waals surface area (Å²) in [6.07, 6.45) is 1.03. The summed E-state index contributed by atoms with van der Waals surface area (Å²) in [7, 11) is 0. The molecule has 16 heavy (non-hydrogen) atoms. The molecule has 0 spiro atoms. The number of hydrogen-bond acceptors (Lipinski definition) is 3. The molecular formula is C13H14N2O. The van der Waals surface area contributed by atoms with Crippen LogP contribution in [0, 0.1) is 28.6 Å². The van der Waals surface area contributed by atoms with Crippen molar-refractivity contribution < 1.29 is 4.74 Å². The summed E-state index contributed by atoms with van der Waals surface area (Å²) in [6.45, 7) is 4.74. The molecule has 1 rings (SSSR count). The van der Waals surface area contributed by atoms with Crippen LogP contribution in [0.4, 0.5) is 0 Å². The van der Waals surface area contributed by atoms with Gasteiger partial charge in [-0.3, -0.25) is 0 Å². The van der Waals surface area contributed by atoms with E-state index in [1.165, 1.54) is 0 Å². The van der Waals surface area contributed by atoms with E-state index < -0.39 is 0 Å². The third-order valence-corrected chi connectivity index (χ3v) is 2.48. The quantitative estimate of drug-likeness (QED) is 0.774. The van der Waals surface area contributed by atoms with Crippen molar-refractivity contribution in [1.82, 2.24) is 0 Å². The minimum absolute atomic E-state index is 0.327. The Kier molecular flexibility index (Phi) is 4.36. The number of ether oxygens (including phenoxy) is 1. The highest BCUT2D eigenvalue weighted by atomic mass is 16.5. The SMILES string of the molecule is CCC(C)COc1cccc(C#N)c1C#N. The minimum atomic E-state index is 0.327. The first-order valence-electron chi connectivity index (χ1n) is 5.28. The molecule has 0 amide bonds. The van der Waals surface area contributed by atoms with Crippen molar-refractivity contribution in [3.8, 4) is 17.9 Å². The average Bonchev–Trinajstić information content (AvgIpc) is 2.34. The molecule has 1 atom stereocenters. The molecule has 1 unspecified atom stereocenters. The van der Waals surface area contributed by atoms with E-state index >= 15 is 0 Å². The Bertz CT molecular complexity index is 440. The van der Waals surface area contributed by atoms with Gasteiger partial charge < -0.3 is 4.74 Å². The van der Waals surface area contributed by atoms with E-state index in [9.17, 15) is 0 Å². The maximum atomic E-state index is 8.97. The maximum absolute atomic E-state index is 8.97. The summed E-state index contributed by atoms with van der Waals surface area (Å²) in [5.74, 6) is 0.944. The fourth-order valence-corrected chi connectivity index (χ4v) is 1.21. The Morgan fingerprint density at radius 3 is 2.62 bits per heavy atom. The largest absolute Gasteiger partial charge is 0.492 e. The van der Waals surface area contributed by atoms with Crippen molar-refractivity contribution in [2.75, 3.05) is 6.61 Å². The summed E-state index contributed by atoms with van der Waals surface area (Å²) in [4.78, 5) is 0. The molecule has 3 nitrogen and oxygen atoms in total. The zero-order valence-electron chi connectivity index (χ0n) is 9.53. The van der Waals surface area contributed by atoms with Crippen LogP contribution in [-0.2, 0) is 0 Å². The van der Waals surface area contributed by atoms with Gasteiger partial charge in [0.2, 0.25) is 0 Å². The number of hydrogen-bond donors (Lipinski definition) is 0. The van der Waals surface area contributed by atoms with E-state index in [1.54, 1.807) is 18.2 Å². The Balaban J connectivity index is 2.89. The van der Waals surface area contributed by atoms with Crippen LogP contribution >= 0.6 is 0 Å². The van der Waals surface area contributed by atoms with Gasteiger partial charge in [-0.1, -0.05) is 26.3 Å². The van der Waals surface area contributed by atoms with Crippen LogP contribution in [0.1, 0.15) is 31.4 Å². The van der Waals surface area contributed by atoms with Crippen molar-refractivity contribution in [2.24, 2.45) is 5.92 Å². The highest BCUT2D eigenvalue weighted by Gasteiger charge is 2.09. The third kappa shape index (κ3) is 2.74. The van der Waals surface area contributed by atoms with E-state index in [-0.39, 0.29) is 0 Å². The zero-order valence-corrected chi connectivity index (χ0v) is 9.53. The van der Waals surface area contributed by atoms with Crippen molar-refractivity contribution >= 4 is 0 Å². The van der Waals surface area contributed by atoms with Crippen LogP contribution in [-0.4, -0.2) is 6.61 Å². The Morgan fingerprint density at radius 1 is 1.31 bits per heavy atom. The first kappa shape index (κ1) is 12.1. The predicted octanol–water partition coefficient (Wildman–Crippen LogP) is 2.85. The van der Waals surface area contributed by atoms with Crippen molar-refractivity contribution in [3.63, 3.8) is 0 Å². The summed E-state index contributed by atoms with van der Waals surface area (Å²) in [6, 6.07) is 9.07. The predicted molar refractivity (Wildman–Crippen MR) is 60.8 cm³/mol. The van der Waals surface area contributed by atoms with E-state index in [0.717, 1.165) is 6.42 Å². The van der Waals surface area contributed by atoms with Crippen molar-refractivity contribution in [2.45, 2.75) is 20.3 Å². The molecule has 0 aliphatic rings. The van der Waals surface area contributed by atoms with E-state index in [2.05, 4.69) is 13.8 Å². The van der Waals surface area contributed by atoms with Crippen molar-refractivity contribution in [1.29, 1.82) is 10.5 Å². The molecule has 0 heterocycles. The molecule has 0 bridgehead atoms. The summed E-state index contributed by atoms with van der Waals surface area (Å²) in [5, 5.41) is 17.8. The lowest BCUT2D eigenvalue weighted by molar-refractivity contribution is 0.256. The lowest BCUT2D eigenvalue weighted by Gasteiger charge is -2.12. The maximum Gasteiger partial charge on any atom is 0.138 e. The second-order valence-electron chi connectivity index (χ2n) is 3.73. The third-order valence-electron chi connectivity index (χ3n) is 2.48. The minimum Gasteiger partial charge on any atom is -0.492 e. The molecule has 1 aromatic rings. The van der Waals surface area contributed by atoms with Crippen LogP contribution in [0.15, 0.2) is 18.2 Å². The van der Waals surface area contributed by atoms with Gasteiger partial charge in [0.15, 0.2) is 0 Å².